The molecule has 6 heteroatoms. The van der Waals surface area contributed by atoms with Crippen molar-refractivity contribution in [2.75, 3.05) is 6.61 Å². The lowest BCUT2D eigenvalue weighted by Crippen LogP contribution is -2.13. The molecule has 1 N–H and O–H groups in total. The number of benzene rings is 2. The molecule has 0 bridgehead atoms. The zero-order chi connectivity index (χ0) is 17.4. The first-order valence-electron chi connectivity index (χ1n) is 7.33. The number of carbonyl (C=O) groups is 3. The molecule has 0 aliphatic rings. The van der Waals surface area contributed by atoms with E-state index in [-0.39, 0.29) is 30.8 Å². The zero-order valence-electron chi connectivity index (χ0n) is 12.8. The van der Waals surface area contributed by atoms with Gasteiger partial charge in [-0.15, -0.1) is 0 Å². The van der Waals surface area contributed by atoms with Gasteiger partial charge < -0.3 is 14.6 Å². The average molecular weight is 328 g/mol. The summed E-state index contributed by atoms with van der Waals surface area (Å²) in [6.07, 6.45) is 0.294. The van der Waals surface area contributed by atoms with Crippen molar-refractivity contribution in [3.63, 3.8) is 0 Å². The monoisotopic (exact) mass is 328 g/mol. The van der Waals surface area contributed by atoms with Gasteiger partial charge in [-0.1, -0.05) is 30.3 Å². The second-order valence-corrected chi connectivity index (χ2v) is 4.88. The lowest BCUT2D eigenvalue weighted by atomic mass is 10.2. The van der Waals surface area contributed by atoms with Gasteiger partial charge in [0.25, 0.3) is 0 Å². The van der Waals surface area contributed by atoms with Gasteiger partial charge in [0.15, 0.2) is 0 Å². The zero-order valence-corrected chi connectivity index (χ0v) is 12.8. The highest BCUT2D eigenvalue weighted by atomic mass is 16.5. The third-order valence-corrected chi connectivity index (χ3v) is 3.11. The molecule has 0 radical (unpaired) electrons. The highest BCUT2D eigenvalue weighted by Gasteiger charge is 2.14. The standard InChI is InChI=1S/C18H16O6/c19-16(24-15-10-5-4-9-14(15)17(20)21)11-6-12-23-18(22)13-7-2-1-3-8-13/h1-5,7-10H,6,11-12H2,(H,20,21). The average Bonchev–Trinajstić information content (AvgIpc) is 2.59. The molecule has 6 nitrogen and oxygen atoms in total. The van der Waals surface area contributed by atoms with Crippen molar-refractivity contribution >= 4 is 17.9 Å². The lowest BCUT2D eigenvalue weighted by molar-refractivity contribution is -0.134. The Hall–Kier alpha value is -3.15. The van der Waals surface area contributed by atoms with Crippen molar-refractivity contribution in [3.8, 4) is 5.75 Å². The SMILES string of the molecule is O=C(CCCOC(=O)c1ccccc1)Oc1ccccc1C(=O)O. The predicted octanol–water partition coefficient (Wildman–Crippen LogP) is 2.93. The first-order chi connectivity index (χ1) is 11.6. The molecule has 0 aliphatic carbocycles. The lowest BCUT2D eigenvalue weighted by Gasteiger charge is -2.07. The van der Waals surface area contributed by atoms with Crippen molar-refractivity contribution < 1.29 is 29.0 Å². The number of carboxylic acid groups (broad SMARTS) is 1. The van der Waals surface area contributed by atoms with Crippen LogP contribution in [-0.2, 0) is 9.53 Å². The summed E-state index contributed by atoms with van der Waals surface area (Å²) in [5, 5.41) is 9.01. The summed E-state index contributed by atoms with van der Waals surface area (Å²) in [7, 11) is 0. The molecule has 2 aromatic carbocycles. The molecule has 0 atom stereocenters. The molecule has 24 heavy (non-hydrogen) atoms. The Morgan fingerprint density at radius 2 is 1.58 bits per heavy atom. The Labute approximate surface area is 138 Å². The molecule has 0 aliphatic heterocycles. The number of esters is 2. The molecule has 0 amide bonds. The maximum absolute atomic E-state index is 11.7. The van der Waals surface area contributed by atoms with Crippen LogP contribution in [0, 0.1) is 0 Å². The van der Waals surface area contributed by atoms with Gasteiger partial charge in [0.2, 0.25) is 0 Å². The molecule has 124 valence electrons. The largest absolute Gasteiger partial charge is 0.478 e. The summed E-state index contributed by atoms with van der Waals surface area (Å²) >= 11 is 0. The fraction of sp³-hybridized carbons (Fsp3) is 0.167. The van der Waals surface area contributed by atoms with Crippen LogP contribution >= 0.6 is 0 Å². The number of carbonyl (C=O) groups excluding carboxylic acids is 2. The molecular weight excluding hydrogens is 312 g/mol. The van der Waals surface area contributed by atoms with Gasteiger partial charge in [0.1, 0.15) is 11.3 Å². The minimum Gasteiger partial charge on any atom is -0.478 e. The Balaban J connectivity index is 1.76. The third-order valence-electron chi connectivity index (χ3n) is 3.11. The van der Waals surface area contributed by atoms with Gasteiger partial charge in [-0.05, 0) is 30.7 Å². The number of hydrogen-bond donors (Lipinski definition) is 1. The maximum Gasteiger partial charge on any atom is 0.339 e. The number of carboxylic acids is 1. The molecule has 0 unspecified atom stereocenters. The van der Waals surface area contributed by atoms with Crippen LogP contribution in [0.3, 0.4) is 0 Å². The maximum atomic E-state index is 11.7. The van der Waals surface area contributed by atoms with Gasteiger partial charge >= 0.3 is 17.9 Å². The third kappa shape index (κ3) is 4.95. The van der Waals surface area contributed by atoms with Crippen LogP contribution in [-0.4, -0.2) is 29.6 Å². The highest BCUT2D eigenvalue weighted by molar-refractivity contribution is 5.92. The molecular formula is C18H16O6. The Morgan fingerprint density at radius 3 is 2.29 bits per heavy atom. The Bertz CT molecular complexity index is 723. The second kappa shape index (κ2) is 8.47. The fourth-order valence-corrected chi connectivity index (χ4v) is 1.94. The number of aromatic carboxylic acids is 1. The predicted molar refractivity (Wildman–Crippen MR) is 85.0 cm³/mol. The highest BCUT2D eigenvalue weighted by Crippen LogP contribution is 2.18. The van der Waals surface area contributed by atoms with Gasteiger partial charge in [-0.3, -0.25) is 4.79 Å². The summed E-state index contributed by atoms with van der Waals surface area (Å²) in [6.45, 7) is 0.0728. The number of hydrogen-bond acceptors (Lipinski definition) is 5. The van der Waals surface area contributed by atoms with Crippen LogP contribution in [0.2, 0.25) is 0 Å². The van der Waals surface area contributed by atoms with E-state index in [1.165, 1.54) is 12.1 Å². The van der Waals surface area contributed by atoms with E-state index in [1.54, 1.807) is 42.5 Å². The molecule has 2 aromatic rings. The number of rotatable bonds is 7. The van der Waals surface area contributed by atoms with Gasteiger partial charge in [-0.2, -0.15) is 0 Å². The van der Waals surface area contributed by atoms with E-state index < -0.39 is 17.9 Å². The summed E-state index contributed by atoms with van der Waals surface area (Å²) in [5.74, 6) is -2.22. The Morgan fingerprint density at radius 1 is 0.917 bits per heavy atom. The fourth-order valence-electron chi connectivity index (χ4n) is 1.94. The summed E-state index contributed by atoms with van der Waals surface area (Å²) in [5.41, 5.74) is 0.358. The normalized spacial score (nSPS) is 10.0. The van der Waals surface area contributed by atoms with Crippen LogP contribution in [0.5, 0.6) is 5.75 Å². The van der Waals surface area contributed by atoms with E-state index in [9.17, 15) is 14.4 Å². The molecule has 0 aromatic heterocycles. The molecule has 0 fully saturated rings. The van der Waals surface area contributed by atoms with Gasteiger partial charge in [-0.25, -0.2) is 9.59 Å². The van der Waals surface area contributed by atoms with Crippen molar-refractivity contribution in [3.05, 3.63) is 65.7 Å². The smallest absolute Gasteiger partial charge is 0.339 e. The van der Waals surface area contributed by atoms with Crippen molar-refractivity contribution in [2.24, 2.45) is 0 Å². The summed E-state index contributed by atoms with van der Waals surface area (Å²) in [4.78, 5) is 34.5. The van der Waals surface area contributed by atoms with E-state index in [2.05, 4.69) is 0 Å². The summed E-state index contributed by atoms with van der Waals surface area (Å²) in [6, 6.07) is 14.4. The van der Waals surface area contributed by atoms with Gasteiger partial charge in [0.05, 0.1) is 12.2 Å². The first-order valence-corrected chi connectivity index (χ1v) is 7.33. The number of para-hydroxylation sites is 1. The van der Waals surface area contributed by atoms with Crippen LogP contribution in [0.1, 0.15) is 33.6 Å². The van der Waals surface area contributed by atoms with E-state index in [0.29, 0.717) is 5.56 Å². The van der Waals surface area contributed by atoms with Gasteiger partial charge in [0, 0.05) is 6.42 Å². The van der Waals surface area contributed by atoms with E-state index in [1.807, 2.05) is 0 Å². The number of ether oxygens (including phenoxy) is 2. The van der Waals surface area contributed by atoms with Crippen molar-refractivity contribution in [2.45, 2.75) is 12.8 Å². The quantitative estimate of drug-likeness (QED) is 0.477. The van der Waals surface area contributed by atoms with Crippen LogP contribution < -0.4 is 4.74 Å². The minimum absolute atomic E-state index is 0.00344. The molecule has 0 saturated carbocycles. The van der Waals surface area contributed by atoms with E-state index in [4.69, 9.17) is 14.6 Å². The second-order valence-electron chi connectivity index (χ2n) is 4.88. The van der Waals surface area contributed by atoms with Crippen LogP contribution in [0.25, 0.3) is 0 Å². The summed E-state index contributed by atoms with van der Waals surface area (Å²) < 4.78 is 10.1. The Kier molecular flexibility index (Phi) is 6.08. The van der Waals surface area contributed by atoms with E-state index >= 15 is 0 Å². The molecule has 0 saturated heterocycles. The minimum atomic E-state index is -1.17. The van der Waals surface area contributed by atoms with Crippen LogP contribution in [0.4, 0.5) is 0 Å². The molecule has 0 heterocycles. The molecule has 0 spiro atoms. The van der Waals surface area contributed by atoms with Crippen molar-refractivity contribution in [1.82, 2.24) is 0 Å². The van der Waals surface area contributed by atoms with Crippen molar-refractivity contribution in [1.29, 1.82) is 0 Å². The van der Waals surface area contributed by atoms with E-state index in [0.717, 1.165) is 0 Å². The molecule has 2 rings (SSSR count). The topological polar surface area (TPSA) is 89.9 Å². The van der Waals surface area contributed by atoms with Crippen LogP contribution in [0.15, 0.2) is 54.6 Å². The first kappa shape index (κ1) is 17.2.